The van der Waals surface area contributed by atoms with Gasteiger partial charge in [0.15, 0.2) is 11.5 Å². The average molecular weight is 298 g/mol. The third kappa shape index (κ3) is 4.53. The number of hydrogen-bond donors (Lipinski definition) is 0. The van der Waals surface area contributed by atoms with Crippen LogP contribution >= 0.6 is 0 Å². The van der Waals surface area contributed by atoms with Crippen LogP contribution in [-0.4, -0.2) is 33.9 Å². The molecule has 1 aromatic rings. The fourth-order valence-electron chi connectivity index (χ4n) is 1.57. The van der Waals surface area contributed by atoms with E-state index in [0.717, 1.165) is 0 Å². The molecule has 0 saturated heterocycles. The standard InChI is InChI=1S/C15H22O6/c1-15(2,3)9-20-21-14(16)10-7-8-11(17-4)13(19-6)12(10)18-5/h7-8H,9H2,1-6H3. The Labute approximate surface area is 124 Å². The van der Waals surface area contributed by atoms with Gasteiger partial charge in [-0.05, 0) is 17.5 Å². The summed E-state index contributed by atoms with van der Waals surface area (Å²) in [4.78, 5) is 21.8. The van der Waals surface area contributed by atoms with Gasteiger partial charge in [0.2, 0.25) is 5.75 Å². The zero-order chi connectivity index (χ0) is 16.0. The van der Waals surface area contributed by atoms with Gasteiger partial charge in [-0.3, -0.25) is 4.89 Å². The molecular formula is C15H22O6. The molecule has 1 aromatic carbocycles. The first-order valence-corrected chi connectivity index (χ1v) is 6.46. The van der Waals surface area contributed by atoms with Crippen molar-refractivity contribution in [2.24, 2.45) is 5.41 Å². The number of hydrogen-bond acceptors (Lipinski definition) is 6. The third-order valence-corrected chi connectivity index (χ3v) is 2.55. The molecule has 21 heavy (non-hydrogen) atoms. The summed E-state index contributed by atoms with van der Waals surface area (Å²) < 4.78 is 15.6. The second-order valence-electron chi connectivity index (χ2n) is 5.58. The Hall–Kier alpha value is -1.95. The van der Waals surface area contributed by atoms with Crippen LogP contribution in [0.1, 0.15) is 31.1 Å². The van der Waals surface area contributed by atoms with Gasteiger partial charge in [-0.1, -0.05) is 20.8 Å². The summed E-state index contributed by atoms with van der Waals surface area (Å²) >= 11 is 0. The van der Waals surface area contributed by atoms with Crippen molar-refractivity contribution in [3.63, 3.8) is 0 Å². The molecule has 0 saturated carbocycles. The second-order valence-corrected chi connectivity index (χ2v) is 5.58. The van der Waals surface area contributed by atoms with Gasteiger partial charge < -0.3 is 14.2 Å². The van der Waals surface area contributed by atoms with E-state index in [0.29, 0.717) is 11.5 Å². The summed E-state index contributed by atoms with van der Waals surface area (Å²) in [5.41, 5.74) is 0.0890. The van der Waals surface area contributed by atoms with Gasteiger partial charge in [0, 0.05) is 0 Å². The molecule has 0 aromatic heterocycles. The van der Waals surface area contributed by atoms with Crippen LogP contribution in [0, 0.1) is 5.41 Å². The first-order chi connectivity index (χ1) is 9.84. The second kappa shape index (κ2) is 7.17. The SMILES string of the molecule is COc1ccc(C(=O)OOCC(C)(C)C)c(OC)c1OC. The molecule has 0 heterocycles. The van der Waals surface area contributed by atoms with Gasteiger partial charge in [0.05, 0.1) is 27.9 Å². The lowest BCUT2D eigenvalue weighted by molar-refractivity contribution is -0.255. The summed E-state index contributed by atoms with van der Waals surface area (Å²) in [6.45, 7) is 6.20. The highest BCUT2D eigenvalue weighted by atomic mass is 17.2. The molecule has 0 aliphatic rings. The number of benzene rings is 1. The fraction of sp³-hybridized carbons (Fsp3) is 0.533. The molecule has 0 unspecified atom stereocenters. The summed E-state index contributed by atoms with van der Waals surface area (Å²) in [6, 6.07) is 3.13. The van der Waals surface area contributed by atoms with Crippen LogP contribution in [0.5, 0.6) is 17.2 Å². The summed E-state index contributed by atoms with van der Waals surface area (Å²) in [7, 11) is 4.40. The van der Waals surface area contributed by atoms with E-state index >= 15 is 0 Å². The first kappa shape index (κ1) is 17.1. The number of ether oxygens (including phenoxy) is 3. The molecule has 0 atom stereocenters. The first-order valence-electron chi connectivity index (χ1n) is 6.46. The quantitative estimate of drug-likeness (QED) is 0.594. The maximum atomic E-state index is 12.1. The van der Waals surface area contributed by atoms with E-state index in [1.54, 1.807) is 6.07 Å². The van der Waals surface area contributed by atoms with Gasteiger partial charge in [-0.25, -0.2) is 4.79 Å². The Bertz CT molecular complexity index is 490. The minimum Gasteiger partial charge on any atom is -0.493 e. The van der Waals surface area contributed by atoms with Gasteiger partial charge in [-0.15, -0.1) is 0 Å². The molecule has 0 aliphatic carbocycles. The maximum absolute atomic E-state index is 12.1. The molecule has 118 valence electrons. The Morgan fingerprint density at radius 1 is 1.00 bits per heavy atom. The maximum Gasteiger partial charge on any atom is 0.376 e. The predicted molar refractivity (Wildman–Crippen MR) is 76.9 cm³/mol. The molecule has 0 bridgehead atoms. The Kier molecular flexibility index (Phi) is 5.84. The molecule has 0 aliphatic heterocycles. The van der Waals surface area contributed by atoms with E-state index in [2.05, 4.69) is 0 Å². The Morgan fingerprint density at radius 2 is 1.62 bits per heavy atom. The lowest BCUT2D eigenvalue weighted by atomic mass is 9.99. The van der Waals surface area contributed by atoms with Crippen molar-refractivity contribution in [3.8, 4) is 17.2 Å². The molecule has 0 amide bonds. The third-order valence-electron chi connectivity index (χ3n) is 2.55. The summed E-state index contributed by atoms with van der Waals surface area (Å²) in [6.07, 6.45) is 0. The van der Waals surface area contributed by atoms with Crippen molar-refractivity contribution in [3.05, 3.63) is 17.7 Å². The normalized spacial score (nSPS) is 11.0. The highest BCUT2D eigenvalue weighted by Gasteiger charge is 2.23. The lowest BCUT2D eigenvalue weighted by Crippen LogP contribution is -2.17. The van der Waals surface area contributed by atoms with Crippen molar-refractivity contribution >= 4 is 5.97 Å². The van der Waals surface area contributed by atoms with Crippen LogP contribution in [0.15, 0.2) is 12.1 Å². The van der Waals surface area contributed by atoms with Crippen LogP contribution in [-0.2, 0) is 9.78 Å². The highest BCUT2D eigenvalue weighted by Crippen LogP contribution is 2.39. The molecule has 0 radical (unpaired) electrons. The van der Waals surface area contributed by atoms with E-state index in [1.165, 1.54) is 27.4 Å². The van der Waals surface area contributed by atoms with Crippen LogP contribution in [0.25, 0.3) is 0 Å². The predicted octanol–water partition coefficient (Wildman–Crippen LogP) is 2.85. The van der Waals surface area contributed by atoms with Gasteiger partial charge >= 0.3 is 5.97 Å². The topological polar surface area (TPSA) is 63.2 Å². The highest BCUT2D eigenvalue weighted by molar-refractivity contribution is 5.93. The number of methoxy groups -OCH3 is 3. The van der Waals surface area contributed by atoms with Crippen LogP contribution < -0.4 is 14.2 Å². The van der Waals surface area contributed by atoms with E-state index in [1.807, 2.05) is 20.8 Å². The number of carbonyl (C=O) groups excluding carboxylic acids is 1. The molecule has 6 nitrogen and oxygen atoms in total. The summed E-state index contributed by atoms with van der Waals surface area (Å²) in [5, 5.41) is 0. The van der Waals surface area contributed by atoms with Crippen molar-refractivity contribution in [1.82, 2.24) is 0 Å². The zero-order valence-electron chi connectivity index (χ0n) is 13.3. The van der Waals surface area contributed by atoms with Crippen LogP contribution in [0.4, 0.5) is 0 Å². The largest absolute Gasteiger partial charge is 0.493 e. The molecular weight excluding hydrogens is 276 g/mol. The van der Waals surface area contributed by atoms with Crippen LogP contribution in [0.2, 0.25) is 0 Å². The summed E-state index contributed by atoms with van der Waals surface area (Å²) in [5.74, 6) is 0.366. The number of rotatable bonds is 6. The minimum atomic E-state index is -0.656. The zero-order valence-corrected chi connectivity index (χ0v) is 13.3. The van der Waals surface area contributed by atoms with Gasteiger partial charge in [-0.2, -0.15) is 4.89 Å². The van der Waals surface area contributed by atoms with Crippen molar-refractivity contribution in [1.29, 1.82) is 0 Å². The van der Waals surface area contributed by atoms with Gasteiger partial charge in [0.1, 0.15) is 5.56 Å². The Balaban J connectivity index is 2.94. The van der Waals surface area contributed by atoms with E-state index < -0.39 is 5.97 Å². The van der Waals surface area contributed by atoms with E-state index in [-0.39, 0.29) is 23.3 Å². The smallest absolute Gasteiger partial charge is 0.376 e. The molecule has 0 N–H and O–H groups in total. The molecule has 0 spiro atoms. The Morgan fingerprint density at radius 3 is 2.10 bits per heavy atom. The molecule has 6 heteroatoms. The monoisotopic (exact) mass is 298 g/mol. The van der Waals surface area contributed by atoms with Gasteiger partial charge in [0.25, 0.3) is 0 Å². The van der Waals surface area contributed by atoms with Crippen molar-refractivity contribution in [2.45, 2.75) is 20.8 Å². The van der Waals surface area contributed by atoms with E-state index in [4.69, 9.17) is 24.0 Å². The van der Waals surface area contributed by atoms with E-state index in [9.17, 15) is 4.79 Å². The van der Waals surface area contributed by atoms with Crippen molar-refractivity contribution < 1.29 is 28.8 Å². The average Bonchev–Trinajstić information content (AvgIpc) is 2.43. The number of carbonyl (C=O) groups is 1. The van der Waals surface area contributed by atoms with Crippen molar-refractivity contribution in [2.75, 3.05) is 27.9 Å². The fourth-order valence-corrected chi connectivity index (χ4v) is 1.57. The molecule has 1 rings (SSSR count). The molecule has 0 fully saturated rings. The minimum absolute atomic E-state index is 0.109. The lowest BCUT2D eigenvalue weighted by Gasteiger charge is -2.17. The van der Waals surface area contributed by atoms with Crippen LogP contribution in [0.3, 0.4) is 0 Å².